The smallest absolute Gasteiger partial charge is 0.248 e. The first-order valence-electron chi connectivity index (χ1n) is 5.76. The maximum Gasteiger partial charge on any atom is 0.248 e. The molecule has 0 aliphatic heterocycles. The lowest BCUT2D eigenvalue weighted by Gasteiger charge is -2.32. The molecule has 1 nitrogen and oxygen atoms in total. The minimum absolute atomic E-state index is 0.112. The summed E-state index contributed by atoms with van der Waals surface area (Å²) in [6.45, 7) is 9.48. The number of methoxy groups -OCH3 is 1. The Kier molecular flexibility index (Phi) is 6.16. The molecule has 0 saturated heterocycles. The summed E-state index contributed by atoms with van der Waals surface area (Å²) < 4.78 is 31.9. The zero-order valence-electron chi connectivity index (χ0n) is 10.9. The zero-order valence-corrected chi connectivity index (χ0v) is 10.9. The number of halogens is 2. The summed E-state index contributed by atoms with van der Waals surface area (Å²) in [4.78, 5) is 0. The van der Waals surface area contributed by atoms with Crippen molar-refractivity contribution in [2.45, 2.75) is 52.4 Å². The molecule has 0 heterocycles. The maximum absolute atomic E-state index is 13.4. The van der Waals surface area contributed by atoms with Crippen LogP contribution in [0, 0.1) is 5.41 Å². The van der Waals surface area contributed by atoms with Gasteiger partial charge in [-0.1, -0.05) is 19.4 Å². The molecule has 0 spiro atoms. The first-order chi connectivity index (χ1) is 7.24. The van der Waals surface area contributed by atoms with E-state index in [2.05, 4.69) is 6.58 Å². The standard InChI is InChI=1S/C13H24F2O/c1-6-13(14,15)9-12(4,10-16-5)8-7-11(2)3/h2,6-10H2,1,3-5H3. The van der Waals surface area contributed by atoms with Crippen LogP contribution < -0.4 is 0 Å². The predicted octanol–water partition coefficient (Wildman–Crippen LogP) is 4.43. The molecule has 0 bridgehead atoms. The van der Waals surface area contributed by atoms with Crippen LogP contribution in [0.3, 0.4) is 0 Å². The first-order valence-corrected chi connectivity index (χ1v) is 5.76. The summed E-state index contributed by atoms with van der Waals surface area (Å²) in [6, 6.07) is 0. The van der Waals surface area contributed by atoms with Crippen molar-refractivity contribution in [2.24, 2.45) is 5.41 Å². The number of hydrogen-bond acceptors (Lipinski definition) is 1. The lowest BCUT2D eigenvalue weighted by atomic mass is 9.79. The molecular formula is C13H24F2O. The van der Waals surface area contributed by atoms with Gasteiger partial charge in [0.2, 0.25) is 5.92 Å². The number of allylic oxidation sites excluding steroid dienone is 1. The van der Waals surface area contributed by atoms with Gasteiger partial charge in [0.05, 0.1) is 6.61 Å². The maximum atomic E-state index is 13.4. The van der Waals surface area contributed by atoms with E-state index in [1.807, 2.05) is 13.8 Å². The normalized spacial score (nSPS) is 15.9. The Hall–Kier alpha value is -0.440. The highest BCUT2D eigenvalue weighted by atomic mass is 19.3. The molecule has 1 unspecified atom stereocenters. The van der Waals surface area contributed by atoms with Crippen LogP contribution in [0.15, 0.2) is 12.2 Å². The quantitative estimate of drug-likeness (QED) is 0.564. The van der Waals surface area contributed by atoms with Gasteiger partial charge in [-0.05, 0) is 25.2 Å². The molecule has 1 atom stereocenters. The minimum atomic E-state index is -2.59. The average Bonchev–Trinajstić information content (AvgIpc) is 2.15. The van der Waals surface area contributed by atoms with Crippen molar-refractivity contribution < 1.29 is 13.5 Å². The van der Waals surface area contributed by atoms with Crippen molar-refractivity contribution in [3.63, 3.8) is 0 Å². The SMILES string of the molecule is C=C(C)CCC(C)(COC)CC(F)(F)CC. The third-order valence-electron chi connectivity index (χ3n) is 2.85. The van der Waals surface area contributed by atoms with Gasteiger partial charge in [-0.3, -0.25) is 0 Å². The highest BCUT2D eigenvalue weighted by Crippen LogP contribution is 2.38. The van der Waals surface area contributed by atoms with Crippen LogP contribution in [0.5, 0.6) is 0 Å². The Morgan fingerprint density at radius 3 is 2.31 bits per heavy atom. The second kappa shape index (κ2) is 6.33. The monoisotopic (exact) mass is 234 g/mol. The lowest BCUT2D eigenvalue weighted by Crippen LogP contribution is -2.31. The van der Waals surface area contributed by atoms with Crippen LogP contribution in [-0.2, 0) is 4.74 Å². The van der Waals surface area contributed by atoms with Crippen molar-refractivity contribution in [2.75, 3.05) is 13.7 Å². The van der Waals surface area contributed by atoms with E-state index in [0.29, 0.717) is 13.0 Å². The second-order valence-corrected chi connectivity index (χ2v) is 5.09. The molecule has 16 heavy (non-hydrogen) atoms. The molecule has 96 valence electrons. The summed E-state index contributed by atoms with van der Waals surface area (Å²) in [5, 5.41) is 0. The molecule has 0 fully saturated rings. The van der Waals surface area contributed by atoms with Crippen molar-refractivity contribution in [1.29, 1.82) is 0 Å². The van der Waals surface area contributed by atoms with E-state index < -0.39 is 11.3 Å². The number of hydrogen-bond donors (Lipinski definition) is 0. The minimum Gasteiger partial charge on any atom is -0.384 e. The first kappa shape index (κ1) is 15.6. The van der Waals surface area contributed by atoms with E-state index in [1.165, 1.54) is 6.92 Å². The summed E-state index contributed by atoms with van der Waals surface area (Å²) in [6.07, 6.45) is 1.25. The number of rotatable bonds is 8. The van der Waals surface area contributed by atoms with E-state index >= 15 is 0 Å². The van der Waals surface area contributed by atoms with E-state index in [1.54, 1.807) is 7.11 Å². The van der Waals surface area contributed by atoms with Gasteiger partial charge in [-0.2, -0.15) is 0 Å². The van der Waals surface area contributed by atoms with Gasteiger partial charge < -0.3 is 4.74 Å². The Morgan fingerprint density at radius 2 is 1.94 bits per heavy atom. The Morgan fingerprint density at radius 1 is 1.38 bits per heavy atom. The molecule has 0 aliphatic carbocycles. The fourth-order valence-electron chi connectivity index (χ4n) is 1.82. The summed E-state index contributed by atoms with van der Waals surface area (Å²) in [7, 11) is 1.56. The fourth-order valence-corrected chi connectivity index (χ4v) is 1.82. The van der Waals surface area contributed by atoms with Gasteiger partial charge in [-0.15, -0.1) is 6.58 Å². The van der Waals surface area contributed by atoms with Crippen LogP contribution in [0.25, 0.3) is 0 Å². The molecule has 0 saturated carbocycles. The highest BCUT2D eigenvalue weighted by Gasteiger charge is 2.37. The van der Waals surface area contributed by atoms with Crippen molar-refractivity contribution >= 4 is 0 Å². The van der Waals surface area contributed by atoms with Gasteiger partial charge in [0.1, 0.15) is 0 Å². The van der Waals surface area contributed by atoms with Gasteiger partial charge >= 0.3 is 0 Å². The molecular weight excluding hydrogens is 210 g/mol. The third-order valence-corrected chi connectivity index (χ3v) is 2.85. The van der Waals surface area contributed by atoms with Gasteiger partial charge in [-0.25, -0.2) is 8.78 Å². The summed E-state index contributed by atoms with van der Waals surface area (Å²) >= 11 is 0. The zero-order chi connectivity index (χ0) is 12.8. The van der Waals surface area contributed by atoms with Gasteiger partial charge in [0.25, 0.3) is 0 Å². The van der Waals surface area contributed by atoms with Crippen LogP contribution >= 0.6 is 0 Å². The predicted molar refractivity (Wildman–Crippen MR) is 63.9 cm³/mol. The molecule has 0 aromatic rings. The van der Waals surface area contributed by atoms with Crippen molar-refractivity contribution in [1.82, 2.24) is 0 Å². The molecule has 0 rings (SSSR count). The van der Waals surface area contributed by atoms with Crippen molar-refractivity contribution in [3.05, 3.63) is 12.2 Å². The van der Waals surface area contributed by atoms with E-state index in [0.717, 1.165) is 12.0 Å². The number of alkyl halides is 2. The Labute approximate surface area is 97.9 Å². The molecule has 0 N–H and O–H groups in total. The summed E-state index contributed by atoms with van der Waals surface area (Å²) in [5.41, 5.74) is 0.565. The average molecular weight is 234 g/mol. The lowest BCUT2D eigenvalue weighted by molar-refractivity contribution is -0.0652. The Bertz CT molecular complexity index is 226. The van der Waals surface area contributed by atoms with Crippen LogP contribution in [0.1, 0.15) is 46.5 Å². The van der Waals surface area contributed by atoms with Crippen LogP contribution in [0.2, 0.25) is 0 Å². The fraction of sp³-hybridized carbons (Fsp3) is 0.846. The number of ether oxygens (including phenoxy) is 1. The molecule has 0 aromatic heterocycles. The Balaban J connectivity index is 4.48. The van der Waals surface area contributed by atoms with E-state index in [9.17, 15) is 8.78 Å². The molecule has 0 aliphatic rings. The van der Waals surface area contributed by atoms with Crippen LogP contribution in [-0.4, -0.2) is 19.6 Å². The molecule has 0 radical (unpaired) electrons. The summed E-state index contributed by atoms with van der Waals surface area (Å²) in [5.74, 6) is -2.59. The van der Waals surface area contributed by atoms with E-state index in [-0.39, 0.29) is 12.8 Å². The highest BCUT2D eigenvalue weighted by molar-refractivity contribution is 4.92. The third kappa shape index (κ3) is 6.21. The topological polar surface area (TPSA) is 9.23 Å². The second-order valence-electron chi connectivity index (χ2n) is 5.09. The van der Waals surface area contributed by atoms with Crippen molar-refractivity contribution in [3.8, 4) is 0 Å². The van der Waals surface area contributed by atoms with Gasteiger partial charge in [0, 0.05) is 20.0 Å². The molecule has 0 aromatic carbocycles. The van der Waals surface area contributed by atoms with E-state index in [4.69, 9.17) is 4.74 Å². The van der Waals surface area contributed by atoms with Gasteiger partial charge in [0.15, 0.2) is 0 Å². The molecule has 3 heteroatoms. The molecule has 0 amide bonds. The van der Waals surface area contributed by atoms with Crippen LogP contribution in [0.4, 0.5) is 8.78 Å². The largest absolute Gasteiger partial charge is 0.384 e.